The number of methoxy groups -OCH3 is 2. The van der Waals surface area contributed by atoms with Crippen molar-refractivity contribution in [3.63, 3.8) is 0 Å². The molecule has 7 heteroatoms. The Hall–Kier alpha value is -1.70. The summed E-state index contributed by atoms with van der Waals surface area (Å²) in [5, 5.41) is 3.19. The SMILES string of the molecule is COCCC1(NC(=O)c2ccc(OC)c(F)c2)CCN(C2CCOCC2)CC1. The van der Waals surface area contributed by atoms with Gasteiger partial charge in [0.2, 0.25) is 0 Å². The predicted octanol–water partition coefficient (Wildman–Crippen LogP) is 2.61. The van der Waals surface area contributed by atoms with E-state index < -0.39 is 5.82 Å². The normalized spacial score (nSPS) is 20.7. The topological polar surface area (TPSA) is 60.0 Å². The van der Waals surface area contributed by atoms with Crippen LogP contribution in [0, 0.1) is 5.82 Å². The third kappa shape index (κ3) is 5.01. The number of nitrogens with one attached hydrogen (secondary N) is 1. The first-order valence-electron chi connectivity index (χ1n) is 10.0. The Morgan fingerprint density at radius 1 is 1.29 bits per heavy atom. The van der Waals surface area contributed by atoms with Gasteiger partial charge < -0.3 is 24.4 Å². The molecule has 28 heavy (non-hydrogen) atoms. The predicted molar refractivity (Wildman–Crippen MR) is 104 cm³/mol. The van der Waals surface area contributed by atoms with E-state index in [2.05, 4.69) is 10.2 Å². The molecule has 1 aromatic carbocycles. The standard InChI is InChI=1S/C21H31FN2O4/c1-26-14-9-21(7-10-24(11-8-21)17-5-12-28-13-6-17)23-20(25)16-3-4-19(27-2)18(22)15-16/h3-4,15,17H,5-14H2,1-2H3,(H,23,25). The van der Waals surface area contributed by atoms with Crippen molar-refractivity contribution in [2.75, 3.05) is 47.1 Å². The molecule has 0 bridgehead atoms. The number of nitrogens with zero attached hydrogens (tertiary/aromatic N) is 1. The summed E-state index contributed by atoms with van der Waals surface area (Å²) >= 11 is 0. The molecule has 0 atom stereocenters. The second-order valence-corrected chi connectivity index (χ2v) is 7.71. The lowest BCUT2D eigenvalue weighted by Gasteiger charge is -2.45. The molecule has 2 aliphatic heterocycles. The van der Waals surface area contributed by atoms with E-state index in [0.29, 0.717) is 18.2 Å². The zero-order valence-corrected chi connectivity index (χ0v) is 16.8. The lowest BCUT2D eigenvalue weighted by atomic mass is 9.83. The number of likely N-dealkylation sites (tertiary alicyclic amines) is 1. The van der Waals surface area contributed by atoms with Gasteiger partial charge in [-0.3, -0.25) is 4.79 Å². The van der Waals surface area contributed by atoms with Crippen molar-refractivity contribution in [3.8, 4) is 5.75 Å². The Bertz CT molecular complexity index is 656. The molecule has 0 aromatic heterocycles. The summed E-state index contributed by atoms with van der Waals surface area (Å²) in [6.45, 7) is 4.11. The Labute approximate surface area is 166 Å². The molecule has 1 aromatic rings. The number of hydrogen-bond donors (Lipinski definition) is 1. The zero-order chi connectivity index (χ0) is 20.0. The van der Waals surface area contributed by atoms with Crippen molar-refractivity contribution in [1.29, 1.82) is 0 Å². The number of halogens is 1. The van der Waals surface area contributed by atoms with E-state index in [-0.39, 0.29) is 17.2 Å². The van der Waals surface area contributed by atoms with Crippen LogP contribution in [0.2, 0.25) is 0 Å². The van der Waals surface area contributed by atoms with Gasteiger partial charge in [-0.2, -0.15) is 0 Å². The van der Waals surface area contributed by atoms with Crippen LogP contribution in [-0.2, 0) is 9.47 Å². The number of hydrogen-bond acceptors (Lipinski definition) is 5. The van der Waals surface area contributed by atoms with Gasteiger partial charge in [-0.25, -0.2) is 4.39 Å². The van der Waals surface area contributed by atoms with Crippen LogP contribution in [0.1, 0.15) is 42.5 Å². The Kier molecular flexibility index (Phi) is 7.26. The fourth-order valence-corrected chi connectivity index (χ4v) is 4.22. The van der Waals surface area contributed by atoms with Gasteiger partial charge in [-0.1, -0.05) is 0 Å². The lowest BCUT2D eigenvalue weighted by molar-refractivity contribution is 0.00968. The number of carbonyl (C=O) groups excluding carboxylic acids is 1. The number of piperidine rings is 1. The third-order valence-electron chi connectivity index (χ3n) is 6.04. The Morgan fingerprint density at radius 2 is 2.00 bits per heavy atom. The van der Waals surface area contributed by atoms with Crippen molar-refractivity contribution in [3.05, 3.63) is 29.6 Å². The fourth-order valence-electron chi connectivity index (χ4n) is 4.22. The number of rotatable bonds is 7. The van der Waals surface area contributed by atoms with Gasteiger partial charge in [-0.05, 0) is 50.3 Å². The van der Waals surface area contributed by atoms with Crippen LogP contribution in [0.3, 0.4) is 0 Å². The summed E-state index contributed by atoms with van der Waals surface area (Å²) in [5.41, 5.74) is -0.0208. The smallest absolute Gasteiger partial charge is 0.251 e. The largest absolute Gasteiger partial charge is 0.494 e. The summed E-state index contributed by atoms with van der Waals surface area (Å²) in [4.78, 5) is 15.3. The highest BCUT2D eigenvalue weighted by Gasteiger charge is 2.38. The first-order valence-corrected chi connectivity index (χ1v) is 10.0. The highest BCUT2D eigenvalue weighted by atomic mass is 19.1. The molecule has 2 heterocycles. The van der Waals surface area contributed by atoms with Crippen LogP contribution in [0.15, 0.2) is 18.2 Å². The van der Waals surface area contributed by atoms with Gasteiger partial charge in [0.1, 0.15) is 0 Å². The van der Waals surface area contributed by atoms with Gasteiger partial charge >= 0.3 is 0 Å². The molecule has 6 nitrogen and oxygen atoms in total. The van der Waals surface area contributed by atoms with Crippen molar-refractivity contribution in [2.24, 2.45) is 0 Å². The summed E-state index contributed by atoms with van der Waals surface area (Å²) in [7, 11) is 3.08. The first-order chi connectivity index (χ1) is 13.6. The second-order valence-electron chi connectivity index (χ2n) is 7.71. The van der Waals surface area contributed by atoms with E-state index in [1.165, 1.54) is 19.2 Å². The number of ether oxygens (including phenoxy) is 3. The van der Waals surface area contributed by atoms with Crippen LogP contribution >= 0.6 is 0 Å². The molecule has 1 N–H and O–H groups in total. The molecule has 0 radical (unpaired) electrons. The number of amides is 1. The molecule has 2 saturated heterocycles. The quantitative estimate of drug-likeness (QED) is 0.770. The minimum absolute atomic E-state index is 0.135. The van der Waals surface area contributed by atoms with E-state index in [4.69, 9.17) is 14.2 Å². The van der Waals surface area contributed by atoms with Gasteiger partial charge in [-0.15, -0.1) is 0 Å². The van der Waals surface area contributed by atoms with E-state index in [9.17, 15) is 9.18 Å². The Balaban J connectivity index is 1.66. The average molecular weight is 394 g/mol. The van der Waals surface area contributed by atoms with E-state index >= 15 is 0 Å². The molecule has 3 rings (SSSR count). The zero-order valence-electron chi connectivity index (χ0n) is 16.8. The highest BCUT2D eigenvalue weighted by molar-refractivity contribution is 5.94. The average Bonchev–Trinajstić information content (AvgIpc) is 2.73. The van der Waals surface area contributed by atoms with E-state index in [1.807, 2.05) is 0 Å². The maximum atomic E-state index is 14.0. The van der Waals surface area contributed by atoms with Gasteiger partial charge in [0.25, 0.3) is 5.91 Å². The maximum absolute atomic E-state index is 14.0. The first kappa shape index (κ1) is 21.0. The summed E-state index contributed by atoms with van der Waals surface area (Å²) in [5.74, 6) is -0.650. The molecule has 1 amide bonds. The van der Waals surface area contributed by atoms with Gasteiger partial charge in [0.05, 0.1) is 7.11 Å². The van der Waals surface area contributed by atoms with Crippen molar-refractivity contribution < 1.29 is 23.4 Å². The molecule has 0 unspecified atom stereocenters. The molecular weight excluding hydrogens is 363 g/mol. The number of carbonyl (C=O) groups is 1. The summed E-state index contributed by atoms with van der Waals surface area (Å²) in [6.07, 6.45) is 4.61. The molecule has 2 fully saturated rings. The van der Waals surface area contributed by atoms with E-state index in [0.717, 1.165) is 58.4 Å². The van der Waals surface area contributed by atoms with Crippen LogP contribution < -0.4 is 10.1 Å². The second kappa shape index (κ2) is 9.67. The highest BCUT2D eigenvalue weighted by Crippen LogP contribution is 2.30. The van der Waals surface area contributed by atoms with Gasteiger partial charge in [0, 0.05) is 57.2 Å². The summed E-state index contributed by atoms with van der Waals surface area (Å²) in [6, 6.07) is 4.88. The Morgan fingerprint density at radius 3 is 2.61 bits per heavy atom. The maximum Gasteiger partial charge on any atom is 0.251 e. The summed E-state index contributed by atoms with van der Waals surface area (Å²) < 4.78 is 29.7. The minimum Gasteiger partial charge on any atom is -0.494 e. The molecule has 0 spiro atoms. The molecule has 0 aliphatic carbocycles. The van der Waals surface area contributed by atoms with Crippen LogP contribution in [0.5, 0.6) is 5.75 Å². The van der Waals surface area contributed by atoms with Crippen LogP contribution in [-0.4, -0.2) is 69.5 Å². The van der Waals surface area contributed by atoms with Crippen molar-refractivity contribution in [2.45, 2.75) is 43.7 Å². The van der Waals surface area contributed by atoms with E-state index in [1.54, 1.807) is 13.2 Å². The lowest BCUT2D eigenvalue weighted by Crippen LogP contribution is -2.57. The van der Waals surface area contributed by atoms with Crippen LogP contribution in [0.4, 0.5) is 4.39 Å². The van der Waals surface area contributed by atoms with Gasteiger partial charge in [0.15, 0.2) is 11.6 Å². The van der Waals surface area contributed by atoms with Crippen molar-refractivity contribution >= 4 is 5.91 Å². The van der Waals surface area contributed by atoms with Crippen LogP contribution in [0.25, 0.3) is 0 Å². The fraction of sp³-hybridized carbons (Fsp3) is 0.667. The molecule has 2 aliphatic rings. The molecular formula is C21H31FN2O4. The third-order valence-corrected chi connectivity index (χ3v) is 6.04. The molecule has 0 saturated carbocycles. The van der Waals surface area contributed by atoms with Crippen molar-refractivity contribution in [1.82, 2.24) is 10.2 Å². The minimum atomic E-state index is -0.532. The number of benzene rings is 1. The molecule has 156 valence electrons. The monoisotopic (exact) mass is 394 g/mol.